The molecule has 1 fully saturated rings. The Bertz CT molecular complexity index is 191. The van der Waals surface area contributed by atoms with Crippen molar-refractivity contribution in [3.8, 4) is 0 Å². The first-order chi connectivity index (χ1) is 7.26. The molecule has 0 bridgehead atoms. The molecule has 0 atom stereocenters. The van der Waals surface area contributed by atoms with Gasteiger partial charge in [-0.1, -0.05) is 33.1 Å². The summed E-state index contributed by atoms with van der Waals surface area (Å²) >= 11 is 0. The van der Waals surface area contributed by atoms with Crippen molar-refractivity contribution in [3.63, 3.8) is 0 Å². The second-order valence-electron chi connectivity index (χ2n) is 4.88. The minimum atomic E-state index is 0.809. The first-order valence-corrected chi connectivity index (χ1v) is 6.55. The van der Waals surface area contributed by atoms with Crippen LogP contribution in [0.2, 0.25) is 0 Å². The van der Waals surface area contributed by atoms with Gasteiger partial charge in [0.2, 0.25) is 0 Å². The fourth-order valence-corrected chi connectivity index (χ4v) is 2.40. The van der Waals surface area contributed by atoms with Crippen LogP contribution in [0.15, 0.2) is 4.99 Å². The van der Waals surface area contributed by atoms with Gasteiger partial charge in [-0.2, -0.15) is 0 Å². The van der Waals surface area contributed by atoms with Crippen LogP contribution in [-0.4, -0.2) is 12.4 Å². The van der Waals surface area contributed by atoms with Crippen LogP contribution < -0.4 is 5.73 Å². The topological polar surface area (TPSA) is 38.4 Å². The number of hydrogen-bond acceptors (Lipinski definition) is 1. The number of nitrogens with zero attached hydrogens (tertiary/aromatic N) is 1. The minimum absolute atomic E-state index is 0.809. The molecule has 2 heteroatoms. The fraction of sp³-hybridized carbons (Fsp3) is 0.923. The van der Waals surface area contributed by atoms with Crippen molar-refractivity contribution < 1.29 is 0 Å². The van der Waals surface area contributed by atoms with E-state index in [1.54, 1.807) is 0 Å². The van der Waals surface area contributed by atoms with E-state index in [1.807, 2.05) is 0 Å². The van der Waals surface area contributed by atoms with Crippen molar-refractivity contribution in [1.82, 2.24) is 0 Å². The molecule has 2 nitrogen and oxygen atoms in total. The zero-order valence-electron chi connectivity index (χ0n) is 10.3. The highest BCUT2D eigenvalue weighted by molar-refractivity contribution is 5.80. The Kier molecular flexibility index (Phi) is 5.74. The van der Waals surface area contributed by atoms with E-state index in [2.05, 4.69) is 18.8 Å². The lowest BCUT2D eigenvalue weighted by molar-refractivity contribution is 0.274. The minimum Gasteiger partial charge on any atom is -0.387 e. The van der Waals surface area contributed by atoms with Crippen LogP contribution in [0.1, 0.15) is 58.8 Å². The molecule has 0 unspecified atom stereocenters. The van der Waals surface area contributed by atoms with Gasteiger partial charge in [-0.25, -0.2) is 0 Å². The molecule has 15 heavy (non-hydrogen) atoms. The van der Waals surface area contributed by atoms with Gasteiger partial charge < -0.3 is 5.73 Å². The van der Waals surface area contributed by atoms with Gasteiger partial charge in [0.25, 0.3) is 0 Å². The van der Waals surface area contributed by atoms with E-state index in [4.69, 9.17) is 5.73 Å². The van der Waals surface area contributed by atoms with E-state index < -0.39 is 0 Å². The van der Waals surface area contributed by atoms with Crippen LogP contribution in [0.5, 0.6) is 0 Å². The summed E-state index contributed by atoms with van der Waals surface area (Å²) in [4.78, 5) is 4.48. The molecule has 1 aliphatic carbocycles. The molecule has 88 valence electrons. The monoisotopic (exact) mass is 210 g/mol. The second-order valence-corrected chi connectivity index (χ2v) is 4.88. The SMILES string of the molecule is CCCC(N)=NCC1CCC(CC)CC1. The highest BCUT2D eigenvalue weighted by Gasteiger charge is 2.19. The molecule has 1 rings (SSSR count). The number of amidine groups is 1. The maximum atomic E-state index is 5.80. The normalized spacial score (nSPS) is 28.0. The summed E-state index contributed by atoms with van der Waals surface area (Å²) in [6, 6.07) is 0. The van der Waals surface area contributed by atoms with E-state index in [0.29, 0.717) is 0 Å². The molecular formula is C13H26N2. The molecule has 0 aliphatic heterocycles. The van der Waals surface area contributed by atoms with Crippen molar-refractivity contribution in [2.45, 2.75) is 58.8 Å². The first-order valence-electron chi connectivity index (χ1n) is 6.55. The van der Waals surface area contributed by atoms with E-state index >= 15 is 0 Å². The first kappa shape index (κ1) is 12.5. The molecule has 0 heterocycles. The van der Waals surface area contributed by atoms with Crippen LogP contribution in [0.4, 0.5) is 0 Å². The Morgan fingerprint density at radius 3 is 2.27 bits per heavy atom. The summed E-state index contributed by atoms with van der Waals surface area (Å²) in [5.41, 5.74) is 5.80. The quantitative estimate of drug-likeness (QED) is 0.548. The third-order valence-corrected chi connectivity index (χ3v) is 3.60. The average molecular weight is 210 g/mol. The van der Waals surface area contributed by atoms with Gasteiger partial charge in [-0.3, -0.25) is 4.99 Å². The predicted molar refractivity (Wildman–Crippen MR) is 67.1 cm³/mol. The molecule has 0 aromatic carbocycles. The summed E-state index contributed by atoms with van der Waals surface area (Å²) in [6.07, 6.45) is 8.97. The lowest BCUT2D eigenvalue weighted by Gasteiger charge is -2.26. The summed E-state index contributed by atoms with van der Waals surface area (Å²) in [5.74, 6) is 2.65. The van der Waals surface area contributed by atoms with Crippen LogP contribution in [0.25, 0.3) is 0 Å². The summed E-state index contributed by atoms with van der Waals surface area (Å²) in [5, 5.41) is 0. The van der Waals surface area contributed by atoms with Gasteiger partial charge >= 0.3 is 0 Å². The fourth-order valence-electron chi connectivity index (χ4n) is 2.40. The zero-order valence-corrected chi connectivity index (χ0v) is 10.3. The Balaban J connectivity index is 2.21. The Morgan fingerprint density at radius 2 is 1.73 bits per heavy atom. The zero-order chi connectivity index (χ0) is 11.1. The van der Waals surface area contributed by atoms with Crippen molar-refractivity contribution in [2.24, 2.45) is 22.6 Å². The lowest BCUT2D eigenvalue weighted by atomic mass is 9.81. The number of nitrogens with two attached hydrogens (primary N) is 1. The molecular weight excluding hydrogens is 184 g/mol. The second kappa shape index (κ2) is 6.86. The van der Waals surface area contributed by atoms with Gasteiger partial charge in [-0.05, 0) is 31.1 Å². The van der Waals surface area contributed by atoms with Crippen molar-refractivity contribution in [2.75, 3.05) is 6.54 Å². The third-order valence-electron chi connectivity index (χ3n) is 3.60. The van der Waals surface area contributed by atoms with E-state index in [0.717, 1.165) is 37.1 Å². The van der Waals surface area contributed by atoms with Crippen LogP contribution >= 0.6 is 0 Å². The van der Waals surface area contributed by atoms with E-state index in [9.17, 15) is 0 Å². The molecule has 1 aliphatic rings. The van der Waals surface area contributed by atoms with Crippen molar-refractivity contribution in [3.05, 3.63) is 0 Å². The molecule has 0 aromatic heterocycles. The Morgan fingerprint density at radius 1 is 1.13 bits per heavy atom. The maximum absolute atomic E-state index is 5.80. The van der Waals surface area contributed by atoms with E-state index in [1.165, 1.54) is 32.1 Å². The molecule has 0 radical (unpaired) electrons. The van der Waals surface area contributed by atoms with Gasteiger partial charge in [0.05, 0.1) is 5.84 Å². The molecule has 0 amide bonds. The number of aliphatic imine (C=N–C) groups is 1. The predicted octanol–water partition coefficient (Wildman–Crippen LogP) is 3.36. The number of rotatable bonds is 5. The van der Waals surface area contributed by atoms with Gasteiger partial charge in [0.15, 0.2) is 0 Å². The van der Waals surface area contributed by atoms with Crippen LogP contribution in [0, 0.1) is 11.8 Å². The summed E-state index contributed by atoms with van der Waals surface area (Å²) in [6.45, 7) is 5.43. The summed E-state index contributed by atoms with van der Waals surface area (Å²) < 4.78 is 0. The van der Waals surface area contributed by atoms with Crippen molar-refractivity contribution in [1.29, 1.82) is 0 Å². The average Bonchev–Trinajstić information content (AvgIpc) is 2.27. The molecule has 0 aromatic rings. The summed E-state index contributed by atoms with van der Waals surface area (Å²) in [7, 11) is 0. The molecule has 0 saturated heterocycles. The number of hydrogen-bond donors (Lipinski definition) is 1. The van der Waals surface area contributed by atoms with Crippen LogP contribution in [-0.2, 0) is 0 Å². The lowest BCUT2D eigenvalue weighted by Crippen LogP contribution is -2.19. The third kappa shape index (κ3) is 4.67. The van der Waals surface area contributed by atoms with E-state index in [-0.39, 0.29) is 0 Å². The Hall–Kier alpha value is -0.530. The van der Waals surface area contributed by atoms with Crippen molar-refractivity contribution >= 4 is 5.84 Å². The van der Waals surface area contributed by atoms with Crippen LogP contribution in [0.3, 0.4) is 0 Å². The van der Waals surface area contributed by atoms with Gasteiger partial charge in [0, 0.05) is 13.0 Å². The standard InChI is InChI=1S/C13H26N2/c1-3-5-13(14)15-10-12-8-6-11(4-2)7-9-12/h11-12H,3-10H2,1-2H3,(H2,14,15). The molecule has 2 N–H and O–H groups in total. The molecule has 1 saturated carbocycles. The van der Waals surface area contributed by atoms with Gasteiger partial charge in [-0.15, -0.1) is 0 Å². The molecule has 0 spiro atoms. The Labute approximate surface area is 94.3 Å². The highest BCUT2D eigenvalue weighted by atomic mass is 14.8. The smallest absolute Gasteiger partial charge is 0.0937 e. The highest BCUT2D eigenvalue weighted by Crippen LogP contribution is 2.30. The largest absolute Gasteiger partial charge is 0.387 e. The maximum Gasteiger partial charge on any atom is 0.0937 e. The van der Waals surface area contributed by atoms with Gasteiger partial charge in [0.1, 0.15) is 0 Å².